The summed E-state index contributed by atoms with van der Waals surface area (Å²) < 4.78 is 24.3. The number of hydrogen-bond donors (Lipinski definition) is 0. The Kier molecular flexibility index (Phi) is 27.2. The molecule has 1 rings (SSSR count). The molecule has 1 aromatic rings. The van der Waals surface area contributed by atoms with Gasteiger partial charge in [-0.05, 0) is 38.3 Å². The van der Waals surface area contributed by atoms with Gasteiger partial charge in [-0.2, -0.15) is 0 Å². The predicted octanol–water partition coefficient (Wildman–Crippen LogP) is 12.4. The molecule has 0 aliphatic rings. The third-order valence-electron chi connectivity index (χ3n) is 8.29. The van der Waals surface area contributed by atoms with Crippen LogP contribution in [0, 0.1) is 0 Å². The van der Waals surface area contributed by atoms with Gasteiger partial charge >= 0.3 is 5.97 Å². The Morgan fingerprint density at radius 1 is 0.455 bits per heavy atom. The largest absolute Gasteiger partial charge is 0.490 e. The van der Waals surface area contributed by atoms with Gasteiger partial charge in [0.15, 0.2) is 11.5 Å². The van der Waals surface area contributed by atoms with E-state index in [9.17, 15) is 4.79 Å². The molecule has 0 aromatic heterocycles. The van der Waals surface area contributed by atoms with Crippen LogP contribution in [0.1, 0.15) is 192 Å². The zero-order valence-corrected chi connectivity index (χ0v) is 29.5. The van der Waals surface area contributed by atoms with Crippen molar-refractivity contribution in [2.24, 2.45) is 0 Å². The molecule has 0 fully saturated rings. The molecule has 44 heavy (non-hydrogen) atoms. The lowest BCUT2D eigenvalue weighted by atomic mass is 10.1. The predicted molar refractivity (Wildman–Crippen MR) is 187 cm³/mol. The maximum atomic E-state index is 12.8. The summed E-state index contributed by atoms with van der Waals surface area (Å²) in [6, 6.07) is 3.57. The van der Waals surface area contributed by atoms with Gasteiger partial charge in [0, 0.05) is 0 Å². The van der Waals surface area contributed by atoms with Crippen LogP contribution in [-0.4, -0.2) is 32.4 Å². The van der Waals surface area contributed by atoms with E-state index in [1.54, 1.807) is 12.1 Å². The highest BCUT2D eigenvalue weighted by Crippen LogP contribution is 2.40. The van der Waals surface area contributed by atoms with Crippen LogP contribution in [-0.2, 0) is 4.74 Å². The van der Waals surface area contributed by atoms with Crippen LogP contribution in [0.5, 0.6) is 17.2 Å². The summed E-state index contributed by atoms with van der Waals surface area (Å²) in [6.45, 7) is 10.8. The fraction of sp³-hybridized carbons (Fsp3) is 0.821. The Bertz CT molecular complexity index is 750. The SMILES string of the molecule is CCCCCCCCCCOc1cc(C(=O)OCC)cc(OCCCCCCCCCC)c1OCCCCCCCCCC. The maximum absolute atomic E-state index is 12.8. The van der Waals surface area contributed by atoms with Crippen LogP contribution >= 0.6 is 0 Å². The van der Waals surface area contributed by atoms with Gasteiger partial charge in [0.1, 0.15) is 0 Å². The maximum Gasteiger partial charge on any atom is 0.338 e. The fourth-order valence-corrected chi connectivity index (χ4v) is 5.51. The number of rotatable bonds is 32. The molecule has 5 nitrogen and oxygen atoms in total. The van der Waals surface area contributed by atoms with Gasteiger partial charge in [-0.25, -0.2) is 4.79 Å². The van der Waals surface area contributed by atoms with Crippen molar-refractivity contribution < 1.29 is 23.7 Å². The van der Waals surface area contributed by atoms with Crippen LogP contribution in [0.3, 0.4) is 0 Å². The van der Waals surface area contributed by atoms with E-state index in [1.807, 2.05) is 6.92 Å². The van der Waals surface area contributed by atoms with Crippen molar-refractivity contribution >= 4 is 5.97 Å². The number of carbonyl (C=O) groups excluding carboxylic acids is 1. The molecular weight excluding hydrogens is 548 g/mol. The number of hydrogen-bond acceptors (Lipinski definition) is 5. The topological polar surface area (TPSA) is 54.0 Å². The number of esters is 1. The van der Waals surface area contributed by atoms with Crippen molar-refractivity contribution in [2.75, 3.05) is 26.4 Å². The van der Waals surface area contributed by atoms with Gasteiger partial charge in [0.05, 0.1) is 32.0 Å². The van der Waals surface area contributed by atoms with Crippen molar-refractivity contribution in [1.82, 2.24) is 0 Å². The lowest BCUT2D eigenvalue weighted by Gasteiger charge is -2.19. The second-order valence-electron chi connectivity index (χ2n) is 12.5. The number of unbranched alkanes of at least 4 members (excludes halogenated alkanes) is 21. The van der Waals surface area contributed by atoms with E-state index in [2.05, 4.69) is 20.8 Å². The molecule has 256 valence electrons. The zero-order valence-electron chi connectivity index (χ0n) is 29.5. The molecule has 5 heteroatoms. The third kappa shape index (κ3) is 20.9. The van der Waals surface area contributed by atoms with E-state index < -0.39 is 0 Å². The number of benzene rings is 1. The Morgan fingerprint density at radius 2 is 0.773 bits per heavy atom. The molecule has 1 aromatic carbocycles. The van der Waals surface area contributed by atoms with Crippen molar-refractivity contribution in [1.29, 1.82) is 0 Å². The molecule has 0 atom stereocenters. The minimum atomic E-state index is -0.351. The van der Waals surface area contributed by atoms with Crippen LogP contribution in [0.2, 0.25) is 0 Å². The Labute approximate surface area is 272 Å². The van der Waals surface area contributed by atoms with Gasteiger partial charge < -0.3 is 18.9 Å². The first kappa shape index (κ1) is 40.1. The molecule has 0 saturated heterocycles. The van der Waals surface area contributed by atoms with E-state index in [1.165, 1.54) is 116 Å². The average molecular weight is 619 g/mol. The minimum absolute atomic E-state index is 0.332. The molecule has 0 radical (unpaired) electrons. The zero-order chi connectivity index (χ0) is 31.9. The normalized spacial score (nSPS) is 11.1. The van der Waals surface area contributed by atoms with Gasteiger partial charge in [-0.1, -0.05) is 156 Å². The number of carbonyl (C=O) groups is 1. The molecule has 0 spiro atoms. The molecule has 0 saturated carbocycles. The Hall–Kier alpha value is -1.91. The van der Waals surface area contributed by atoms with Crippen molar-refractivity contribution in [3.05, 3.63) is 17.7 Å². The highest BCUT2D eigenvalue weighted by Gasteiger charge is 2.20. The van der Waals surface area contributed by atoms with Crippen LogP contribution in [0.15, 0.2) is 12.1 Å². The molecule has 0 unspecified atom stereocenters. The quantitative estimate of drug-likeness (QED) is 0.0594. The van der Waals surface area contributed by atoms with Gasteiger partial charge in [-0.15, -0.1) is 0 Å². The van der Waals surface area contributed by atoms with Crippen molar-refractivity contribution in [3.63, 3.8) is 0 Å². The summed E-state index contributed by atoms with van der Waals surface area (Å²) in [6.07, 6.45) is 30.0. The molecule has 0 N–H and O–H groups in total. The van der Waals surface area contributed by atoms with Crippen molar-refractivity contribution in [2.45, 2.75) is 182 Å². The van der Waals surface area contributed by atoms with Gasteiger partial charge in [-0.3, -0.25) is 0 Å². The molecule has 0 bridgehead atoms. The lowest BCUT2D eigenvalue weighted by molar-refractivity contribution is 0.0525. The van der Waals surface area contributed by atoms with Crippen LogP contribution < -0.4 is 14.2 Å². The first-order valence-electron chi connectivity index (χ1n) is 18.9. The van der Waals surface area contributed by atoms with Crippen molar-refractivity contribution in [3.8, 4) is 17.2 Å². The van der Waals surface area contributed by atoms with E-state index in [4.69, 9.17) is 18.9 Å². The van der Waals surface area contributed by atoms with E-state index in [-0.39, 0.29) is 5.97 Å². The molecule has 0 heterocycles. The number of ether oxygens (including phenoxy) is 4. The molecule has 0 aliphatic carbocycles. The van der Waals surface area contributed by atoms with E-state index in [0.29, 0.717) is 49.2 Å². The molecule has 0 aliphatic heterocycles. The average Bonchev–Trinajstić information content (AvgIpc) is 3.03. The van der Waals surface area contributed by atoms with Gasteiger partial charge in [0.25, 0.3) is 0 Å². The first-order chi connectivity index (χ1) is 21.7. The second kappa shape index (κ2) is 29.8. The van der Waals surface area contributed by atoms with E-state index >= 15 is 0 Å². The third-order valence-corrected chi connectivity index (χ3v) is 8.29. The first-order valence-corrected chi connectivity index (χ1v) is 18.9. The summed E-state index contributed by atoms with van der Waals surface area (Å²) in [4.78, 5) is 12.8. The standard InChI is InChI=1S/C39H70O5/c1-5-9-12-15-18-21-24-27-30-42-36-33-35(39(40)41-8-4)34-37(43-31-28-25-22-19-16-13-10-6-2)38(36)44-32-29-26-23-20-17-14-11-7-3/h33-34H,5-32H2,1-4H3. The fourth-order valence-electron chi connectivity index (χ4n) is 5.51. The monoisotopic (exact) mass is 619 g/mol. The smallest absolute Gasteiger partial charge is 0.338 e. The summed E-state index contributed by atoms with van der Waals surface area (Å²) in [7, 11) is 0. The van der Waals surface area contributed by atoms with Crippen LogP contribution in [0.4, 0.5) is 0 Å². The molecular formula is C39H70O5. The Balaban J connectivity index is 2.80. The summed E-state index contributed by atoms with van der Waals surface area (Å²) in [5.74, 6) is 1.49. The minimum Gasteiger partial charge on any atom is -0.490 e. The lowest BCUT2D eigenvalue weighted by Crippen LogP contribution is -2.10. The summed E-state index contributed by atoms with van der Waals surface area (Å²) >= 11 is 0. The van der Waals surface area contributed by atoms with E-state index in [0.717, 1.165) is 38.5 Å². The second-order valence-corrected chi connectivity index (χ2v) is 12.5. The van der Waals surface area contributed by atoms with Gasteiger partial charge in [0.2, 0.25) is 5.75 Å². The Morgan fingerprint density at radius 3 is 1.11 bits per heavy atom. The van der Waals surface area contributed by atoms with Crippen LogP contribution in [0.25, 0.3) is 0 Å². The highest BCUT2D eigenvalue weighted by molar-refractivity contribution is 5.91. The summed E-state index contributed by atoms with van der Waals surface area (Å²) in [5, 5.41) is 0. The highest BCUT2D eigenvalue weighted by atomic mass is 16.5. The molecule has 0 amide bonds. The summed E-state index contributed by atoms with van der Waals surface area (Å²) in [5.41, 5.74) is 0.461.